The zero-order valence-corrected chi connectivity index (χ0v) is 11.7. The van der Waals surface area contributed by atoms with Crippen molar-refractivity contribution in [3.63, 3.8) is 0 Å². The van der Waals surface area contributed by atoms with E-state index < -0.39 is 0 Å². The van der Waals surface area contributed by atoms with Gasteiger partial charge in [-0.1, -0.05) is 37.3 Å². The van der Waals surface area contributed by atoms with Crippen molar-refractivity contribution in [3.05, 3.63) is 35.9 Å². The van der Waals surface area contributed by atoms with E-state index in [-0.39, 0.29) is 11.3 Å². The topological polar surface area (TPSA) is 29.1 Å². The largest absolute Gasteiger partial charge is 0.355 e. The van der Waals surface area contributed by atoms with E-state index in [0.717, 1.165) is 18.6 Å². The molecule has 18 heavy (non-hydrogen) atoms. The Bertz CT molecular complexity index is 400. The summed E-state index contributed by atoms with van der Waals surface area (Å²) >= 11 is 4.32. The molecule has 0 bridgehead atoms. The van der Waals surface area contributed by atoms with Crippen LogP contribution in [0.2, 0.25) is 0 Å². The monoisotopic (exact) mass is 263 g/mol. The van der Waals surface area contributed by atoms with E-state index in [2.05, 4.69) is 37.0 Å². The second-order valence-corrected chi connectivity index (χ2v) is 5.77. The lowest BCUT2D eigenvalue weighted by molar-refractivity contribution is -0.122. The fraction of sp³-hybridized carbons (Fsp3) is 0.533. The number of benzene rings is 1. The second kappa shape index (κ2) is 5.79. The third-order valence-electron chi connectivity index (χ3n) is 3.80. The molecule has 1 amide bonds. The Balaban J connectivity index is 1.76. The van der Waals surface area contributed by atoms with Crippen molar-refractivity contribution in [1.82, 2.24) is 5.32 Å². The lowest BCUT2D eigenvalue weighted by Gasteiger charge is -2.15. The van der Waals surface area contributed by atoms with Gasteiger partial charge in [0, 0.05) is 13.0 Å². The lowest BCUT2D eigenvalue weighted by atomic mass is 10.0. The quantitative estimate of drug-likeness (QED) is 0.759. The maximum atomic E-state index is 11.8. The number of hydrogen-bond donors (Lipinski definition) is 2. The van der Waals surface area contributed by atoms with Crippen molar-refractivity contribution in [2.45, 2.75) is 32.1 Å². The van der Waals surface area contributed by atoms with E-state index in [1.165, 1.54) is 5.56 Å². The third-order valence-corrected chi connectivity index (χ3v) is 4.47. The number of nitrogens with one attached hydrogen (secondary N) is 1. The van der Waals surface area contributed by atoms with Gasteiger partial charge in [0.05, 0.1) is 0 Å². The van der Waals surface area contributed by atoms with Crippen LogP contribution in [0.1, 0.15) is 37.7 Å². The van der Waals surface area contributed by atoms with Crippen molar-refractivity contribution in [2.24, 2.45) is 5.41 Å². The molecule has 0 aliphatic heterocycles. The van der Waals surface area contributed by atoms with E-state index in [1.54, 1.807) is 0 Å². The Morgan fingerprint density at radius 2 is 2.06 bits per heavy atom. The predicted octanol–water partition coefficient (Wildman–Crippen LogP) is 3.01. The molecule has 0 spiro atoms. The second-order valence-electron chi connectivity index (χ2n) is 5.45. The van der Waals surface area contributed by atoms with Gasteiger partial charge in [-0.25, -0.2) is 0 Å². The van der Waals surface area contributed by atoms with Crippen LogP contribution in [0.5, 0.6) is 0 Å². The SMILES string of the molecule is CC(CNC(=O)CC1(CS)CC1)c1ccccc1. The van der Waals surface area contributed by atoms with Crippen LogP contribution in [-0.4, -0.2) is 18.2 Å². The molecule has 1 atom stereocenters. The molecule has 3 heteroatoms. The van der Waals surface area contributed by atoms with E-state index in [4.69, 9.17) is 0 Å². The summed E-state index contributed by atoms with van der Waals surface area (Å²) < 4.78 is 0. The third kappa shape index (κ3) is 3.52. The van der Waals surface area contributed by atoms with Crippen molar-refractivity contribution >= 4 is 18.5 Å². The molecule has 0 radical (unpaired) electrons. The highest BCUT2D eigenvalue weighted by Crippen LogP contribution is 2.49. The number of hydrogen-bond acceptors (Lipinski definition) is 2. The van der Waals surface area contributed by atoms with Crippen molar-refractivity contribution in [3.8, 4) is 0 Å². The average molecular weight is 263 g/mol. The summed E-state index contributed by atoms with van der Waals surface area (Å²) in [5.74, 6) is 1.36. The van der Waals surface area contributed by atoms with Crippen LogP contribution in [-0.2, 0) is 4.79 Å². The highest BCUT2D eigenvalue weighted by atomic mass is 32.1. The van der Waals surface area contributed by atoms with Crippen LogP contribution in [0.4, 0.5) is 0 Å². The van der Waals surface area contributed by atoms with Crippen molar-refractivity contribution in [2.75, 3.05) is 12.3 Å². The predicted molar refractivity (Wildman–Crippen MR) is 78.0 cm³/mol. The molecular weight excluding hydrogens is 242 g/mol. The number of carbonyl (C=O) groups is 1. The molecule has 2 rings (SSSR count). The first-order valence-corrected chi connectivity index (χ1v) is 7.21. The number of amides is 1. The van der Waals surface area contributed by atoms with Crippen LogP contribution in [0.15, 0.2) is 30.3 Å². The van der Waals surface area contributed by atoms with Gasteiger partial charge in [0.25, 0.3) is 0 Å². The van der Waals surface area contributed by atoms with Crippen LogP contribution >= 0.6 is 12.6 Å². The molecule has 1 unspecified atom stereocenters. The Labute approximate surface area is 115 Å². The summed E-state index contributed by atoms with van der Waals surface area (Å²) in [5.41, 5.74) is 1.48. The summed E-state index contributed by atoms with van der Waals surface area (Å²) in [6, 6.07) is 10.3. The molecule has 0 heterocycles. The molecule has 98 valence electrons. The highest BCUT2D eigenvalue weighted by molar-refractivity contribution is 7.80. The van der Waals surface area contributed by atoms with E-state index in [0.29, 0.717) is 18.9 Å². The minimum atomic E-state index is 0.171. The Hall–Kier alpha value is -0.960. The van der Waals surface area contributed by atoms with Gasteiger partial charge in [-0.05, 0) is 35.5 Å². The molecule has 1 aliphatic carbocycles. The average Bonchev–Trinajstić information content (AvgIpc) is 3.17. The van der Waals surface area contributed by atoms with Gasteiger partial charge < -0.3 is 5.32 Å². The first-order valence-electron chi connectivity index (χ1n) is 6.58. The maximum Gasteiger partial charge on any atom is 0.220 e. The van der Waals surface area contributed by atoms with E-state index in [9.17, 15) is 4.79 Å². The Morgan fingerprint density at radius 1 is 1.39 bits per heavy atom. The molecular formula is C15H21NOS. The summed E-state index contributed by atoms with van der Waals surface area (Å²) in [6.45, 7) is 2.85. The first-order chi connectivity index (χ1) is 8.65. The zero-order valence-electron chi connectivity index (χ0n) is 10.9. The Kier molecular flexibility index (Phi) is 4.33. The van der Waals surface area contributed by atoms with Gasteiger partial charge in [-0.15, -0.1) is 0 Å². The summed E-state index contributed by atoms with van der Waals surface area (Å²) in [6.07, 6.45) is 2.94. The normalized spacial score (nSPS) is 18.1. The summed E-state index contributed by atoms with van der Waals surface area (Å²) in [4.78, 5) is 11.8. The van der Waals surface area contributed by atoms with Gasteiger partial charge in [-0.3, -0.25) is 4.79 Å². The van der Waals surface area contributed by atoms with Crippen molar-refractivity contribution in [1.29, 1.82) is 0 Å². The molecule has 0 saturated heterocycles. The van der Waals surface area contributed by atoms with E-state index in [1.807, 2.05) is 18.2 Å². The number of rotatable bonds is 6. The molecule has 1 N–H and O–H groups in total. The van der Waals surface area contributed by atoms with E-state index >= 15 is 0 Å². The van der Waals surface area contributed by atoms with Crippen LogP contribution in [0.3, 0.4) is 0 Å². The van der Waals surface area contributed by atoms with Crippen LogP contribution in [0.25, 0.3) is 0 Å². The van der Waals surface area contributed by atoms with Gasteiger partial charge in [0.1, 0.15) is 0 Å². The van der Waals surface area contributed by atoms with Crippen LogP contribution < -0.4 is 5.32 Å². The molecule has 1 fully saturated rings. The highest BCUT2D eigenvalue weighted by Gasteiger charge is 2.42. The number of carbonyl (C=O) groups excluding carboxylic acids is 1. The fourth-order valence-electron chi connectivity index (χ4n) is 2.14. The molecule has 2 nitrogen and oxygen atoms in total. The molecule has 1 aromatic rings. The smallest absolute Gasteiger partial charge is 0.220 e. The minimum Gasteiger partial charge on any atom is -0.355 e. The van der Waals surface area contributed by atoms with Crippen LogP contribution in [0, 0.1) is 5.41 Å². The number of thiol groups is 1. The van der Waals surface area contributed by atoms with Gasteiger partial charge in [0.2, 0.25) is 5.91 Å². The summed E-state index contributed by atoms with van der Waals surface area (Å²) in [5, 5.41) is 3.04. The minimum absolute atomic E-state index is 0.171. The Morgan fingerprint density at radius 3 is 2.61 bits per heavy atom. The fourth-order valence-corrected chi connectivity index (χ4v) is 2.57. The van der Waals surface area contributed by atoms with Gasteiger partial charge in [-0.2, -0.15) is 12.6 Å². The summed E-state index contributed by atoms with van der Waals surface area (Å²) in [7, 11) is 0. The standard InChI is InChI=1S/C15H21NOS/c1-12(13-5-3-2-4-6-13)10-16-14(17)9-15(11-18)7-8-15/h2-6,12,18H,7-11H2,1H3,(H,16,17). The molecule has 1 saturated carbocycles. The lowest BCUT2D eigenvalue weighted by Crippen LogP contribution is -2.29. The molecule has 1 aliphatic rings. The van der Waals surface area contributed by atoms with Gasteiger partial charge in [0.15, 0.2) is 0 Å². The van der Waals surface area contributed by atoms with Gasteiger partial charge >= 0.3 is 0 Å². The van der Waals surface area contributed by atoms with Crippen molar-refractivity contribution < 1.29 is 4.79 Å². The molecule has 0 aromatic heterocycles. The zero-order chi connectivity index (χ0) is 13.0. The maximum absolute atomic E-state index is 11.8. The first kappa shape index (κ1) is 13.5. The molecule has 1 aromatic carbocycles.